The first kappa shape index (κ1) is 24.3. The maximum Gasteiger partial charge on any atom is 0.344 e. The van der Waals surface area contributed by atoms with Gasteiger partial charge in [0, 0.05) is 5.56 Å². The number of hydrazine groups is 1. The fraction of sp³-hybridized carbons (Fsp3) is 0.217. The van der Waals surface area contributed by atoms with E-state index in [4.69, 9.17) is 26.8 Å². The van der Waals surface area contributed by atoms with Crippen molar-refractivity contribution in [1.29, 1.82) is 0 Å². The van der Waals surface area contributed by atoms with Crippen LogP contribution in [0.4, 0.5) is 0 Å². The lowest BCUT2D eigenvalue weighted by Crippen LogP contribution is -2.45. The number of rotatable bonds is 8. The van der Waals surface area contributed by atoms with E-state index in [0.717, 1.165) is 22.3 Å². The quantitative estimate of drug-likeness (QED) is 0.429. The molecule has 0 aliphatic carbocycles. The Kier molecular flexibility index (Phi) is 7.72. The van der Waals surface area contributed by atoms with E-state index in [0.29, 0.717) is 28.4 Å². The van der Waals surface area contributed by atoms with Crippen LogP contribution in [0.25, 0.3) is 6.08 Å². The van der Waals surface area contributed by atoms with Crippen molar-refractivity contribution < 1.29 is 29.0 Å². The summed E-state index contributed by atoms with van der Waals surface area (Å²) in [7, 11) is 0. The molecule has 1 atom stereocenters. The normalized spacial score (nSPS) is 15.5. The van der Waals surface area contributed by atoms with Crippen LogP contribution in [0.5, 0.6) is 11.5 Å². The molecule has 2 amide bonds. The highest BCUT2D eigenvalue weighted by Gasteiger charge is 2.34. The van der Waals surface area contributed by atoms with Gasteiger partial charge >= 0.3 is 5.97 Å². The molecule has 8 nitrogen and oxygen atoms in total. The summed E-state index contributed by atoms with van der Waals surface area (Å²) in [6.45, 7) is 5.36. The van der Waals surface area contributed by atoms with E-state index in [9.17, 15) is 14.4 Å². The zero-order valence-electron chi connectivity index (χ0n) is 18.2. The van der Waals surface area contributed by atoms with Gasteiger partial charge in [0.1, 0.15) is 0 Å². The van der Waals surface area contributed by atoms with Crippen LogP contribution in [0.15, 0.2) is 47.4 Å². The molecule has 1 saturated heterocycles. The van der Waals surface area contributed by atoms with Crippen LogP contribution in [0.2, 0.25) is 0 Å². The van der Waals surface area contributed by atoms with Crippen LogP contribution in [0, 0.1) is 6.92 Å². The number of carboxylic acid groups (broad SMARTS) is 1. The van der Waals surface area contributed by atoms with E-state index in [-0.39, 0.29) is 10.1 Å². The molecule has 0 spiro atoms. The molecule has 1 heterocycles. The van der Waals surface area contributed by atoms with Gasteiger partial charge in [-0.15, -0.1) is 0 Å². The van der Waals surface area contributed by atoms with E-state index < -0.39 is 23.9 Å². The van der Waals surface area contributed by atoms with Crippen molar-refractivity contribution in [3.05, 3.63) is 64.1 Å². The standard InChI is InChI=1S/C23H22N2O6S2/c1-4-30-18-11-15(9-10-17(18)31-14(3)22(28)29)12-19-21(27)25(23(32)33-19)24-20(26)16-8-6-5-7-13(16)2/h5-12,14H,4H2,1-3H3,(H,24,26)(H,28,29)/b19-12+. The molecule has 2 N–H and O–H groups in total. The molecule has 33 heavy (non-hydrogen) atoms. The molecule has 1 aliphatic heterocycles. The highest BCUT2D eigenvalue weighted by Crippen LogP contribution is 2.34. The van der Waals surface area contributed by atoms with Crippen molar-refractivity contribution in [2.24, 2.45) is 0 Å². The van der Waals surface area contributed by atoms with Crippen molar-refractivity contribution in [3.63, 3.8) is 0 Å². The van der Waals surface area contributed by atoms with Gasteiger partial charge < -0.3 is 14.6 Å². The predicted molar refractivity (Wildman–Crippen MR) is 129 cm³/mol. The molecule has 172 valence electrons. The first-order chi connectivity index (χ1) is 15.7. The minimum absolute atomic E-state index is 0.202. The van der Waals surface area contributed by atoms with Crippen LogP contribution in [0.3, 0.4) is 0 Å². The lowest BCUT2D eigenvalue weighted by atomic mass is 10.1. The lowest BCUT2D eigenvalue weighted by Gasteiger charge is -2.16. The fourth-order valence-electron chi connectivity index (χ4n) is 2.93. The highest BCUT2D eigenvalue weighted by molar-refractivity contribution is 8.26. The SMILES string of the molecule is CCOc1cc(/C=C2/SC(=S)N(NC(=O)c3ccccc3C)C2=O)ccc1OC(C)C(=O)O. The molecule has 3 rings (SSSR count). The molecule has 0 aromatic heterocycles. The summed E-state index contributed by atoms with van der Waals surface area (Å²) in [6, 6.07) is 11.9. The number of aliphatic carboxylic acids is 1. The monoisotopic (exact) mass is 486 g/mol. The van der Waals surface area contributed by atoms with E-state index in [1.165, 1.54) is 6.92 Å². The topological polar surface area (TPSA) is 105 Å². The van der Waals surface area contributed by atoms with Gasteiger partial charge in [0.05, 0.1) is 11.5 Å². The molecule has 0 radical (unpaired) electrons. The number of thiocarbonyl (C=S) groups is 1. The molecule has 1 unspecified atom stereocenters. The molecule has 2 aromatic carbocycles. The maximum atomic E-state index is 12.9. The number of ether oxygens (including phenoxy) is 2. The van der Waals surface area contributed by atoms with Gasteiger partial charge in [-0.25, -0.2) is 4.79 Å². The van der Waals surface area contributed by atoms with Gasteiger partial charge in [-0.1, -0.05) is 36.0 Å². The average Bonchev–Trinajstić information content (AvgIpc) is 3.03. The van der Waals surface area contributed by atoms with Crippen LogP contribution < -0.4 is 14.9 Å². The number of thioether (sulfide) groups is 1. The van der Waals surface area contributed by atoms with Crippen molar-refractivity contribution in [2.45, 2.75) is 26.9 Å². The number of nitrogens with zero attached hydrogens (tertiary/aromatic N) is 1. The van der Waals surface area contributed by atoms with Gasteiger partial charge in [-0.05, 0) is 68.4 Å². The van der Waals surface area contributed by atoms with Crippen molar-refractivity contribution in [3.8, 4) is 11.5 Å². The molecular weight excluding hydrogens is 464 g/mol. The van der Waals surface area contributed by atoms with Crippen LogP contribution in [0.1, 0.15) is 35.3 Å². The van der Waals surface area contributed by atoms with E-state index in [2.05, 4.69) is 5.43 Å². The fourth-order valence-corrected chi connectivity index (χ4v) is 4.11. The van der Waals surface area contributed by atoms with Crippen molar-refractivity contribution >= 4 is 52.2 Å². The van der Waals surface area contributed by atoms with Gasteiger partial charge in [0.15, 0.2) is 21.9 Å². The minimum atomic E-state index is -1.10. The van der Waals surface area contributed by atoms with E-state index in [1.807, 2.05) is 6.07 Å². The number of carbonyl (C=O) groups excluding carboxylic acids is 2. The summed E-state index contributed by atoms with van der Waals surface area (Å²) in [5.41, 5.74) is 4.41. The first-order valence-corrected chi connectivity index (χ1v) is 11.2. The van der Waals surface area contributed by atoms with Crippen LogP contribution in [-0.2, 0) is 9.59 Å². The molecule has 0 bridgehead atoms. The number of carbonyl (C=O) groups is 3. The van der Waals surface area contributed by atoms with Crippen molar-refractivity contribution in [2.75, 3.05) is 6.61 Å². The molecule has 2 aromatic rings. The van der Waals surface area contributed by atoms with Crippen molar-refractivity contribution in [1.82, 2.24) is 10.4 Å². The smallest absolute Gasteiger partial charge is 0.344 e. The third-order valence-electron chi connectivity index (χ3n) is 4.61. The van der Waals surface area contributed by atoms with Crippen LogP contribution >= 0.6 is 24.0 Å². The Morgan fingerprint density at radius 3 is 2.64 bits per heavy atom. The zero-order valence-corrected chi connectivity index (χ0v) is 19.8. The Morgan fingerprint density at radius 2 is 1.97 bits per heavy atom. The summed E-state index contributed by atoms with van der Waals surface area (Å²) in [4.78, 5) is 36.9. The zero-order chi connectivity index (χ0) is 24.1. The summed E-state index contributed by atoms with van der Waals surface area (Å²) >= 11 is 6.34. The Balaban J connectivity index is 1.80. The van der Waals surface area contributed by atoms with Gasteiger partial charge in [-0.2, -0.15) is 5.01 Å². The second-order valence-corrected chi connectivity index (χ2v) is 8.69. The van der Waals surface area contributed by atoms with Gasteiger partial charge in [0.2, 0.25) is 0 Å². The highest BCUT2D eigenvalue weighted by atomic mass is 32.2. The largest absolute Gasteiger partial charge is 0.490 e. The summed E-state index contributed by atoms with van der Waals surface area (Å²) in [5, 5.41) is 10.1. The minimum Gasteiger partial charge on any atom is -0.490 e. The number of nitrogens with one attached hydrogen (secondary N) is 1. The summed E-state index contributed by atoms with van der Waals surface area (Å²) < 4.78 is 11.2. The predicted octanol–water partition coefficient (Wildman–Crippen LogP) is 3.79. The van der Waals surface area contributed by atoms with Gasteiger partial charge in [-0.3, -0.25) is 15.0 Å². The first-order valence-electron chi connectivity index (χ1n) is 10.0. The van der Waals surface area contributed by atoms with E-state index >= 15 is 0 Å². The number of carboxylic acids is 1. The second-order valence-electron chi connectivity index (χ2n) is 7.01. The third-order valence-corrected chi connectivity index (χ3v) is 5.92. The molecule has 1 aliphatic rings. The number of aryl methyl sites for hydroxylation is 1. The Morgan fingerprint density at radius 1 is 1.24 bits per heavy atom. The van der Waals surface area contributed by atoms with Gasteiger partial charge in [0.25, 0.3) is 11.8 Å². The molecule has 0 saturated carbocycles. The number of hydrogen-bond donors (Lipinski definition) is 2. The molecule has 1 fully saturated rings. The Bertz CT molecular complexity index is 1150. The summed E-state index contributed by atoms with van der Waals surface area (Å²) in [5.74, 6) is -1.36. The van der Waals surface area contributed by atoms with E-state index in [1.54, 1.807) is 56.3 Å². The number of hydrogen-bond acceptors (Lipinski definition) is 7. The lowest BCUT2D eigenvalue weighted by molar-refractivity contribution is -0.144. The molecule has 10 heteroatoms. The average molecular weight is 487 g/mol. The molecular formula is C23H22N2O6S2. The Hall–Kier alpha value is -3.37. The second kappa shape index (κ2) is 10.5. The Labute approximate surface area is 200 Å². The van der Waals surface area contributed by atoms with Crippen LogP contribution in [-0.4, -0.2) is 44.9 Å². The maximum absolute atomic E-state index is 12.9. The summed E-state index contributed by atoms with van der Waals surface area (Å²) in [6.07, 6.45) is 0.565. The third kappa shape index (κ3) is 5.71. The number of benzene rings is 2. The number of amides is 2.